The summed E-state index contributed by atoms with van der Waals surface area (Å²) in [6, 6.07) is 2.81. The molecule has 1 aromatic rings. The first-order chi connectivity index (χ1) is 9.77. The number of anilines is 1. The summed E-state index contributed by atoms with van der Waals surface area (Å²) in [6.45, 7) is 1.45. The molecule has 1 N–H and O–H groups in total. The molecule has 1 heterocycles. The van der Waals surface area contributed by atoms with Gasteiger partial charge in [0.1, 0.15) is 0 Å². The van der Waals surface area contributed by atoms with Crippen molar-refractivity contribution < 1.29 is 23.0 Å². The van der Waals surface area contributed by atoms with Crippen LogP contribution >= 0.6 is 27.5 Å². The number of nitrogens with one attached hydrogen (secondary N) is 1. The minimum atomic E-state index is -2.93. The summed E-state index contributed by atoms with van der Waals surface area (Å²) in [5.41, 5.74) is 0.353. The van der Waals surface area contributed by atoms with Crippen molar-refractivity contribution in [2.24, 2.45) is 0 Å². The van der Waals surface area contributed by atoms with Crippen LogP contribution in [0.2, 0.25) is 5.02 Å². The zero-order valence-corrected chi connectivity index (χ0v) is 13.8. The maximum absolute atomic E-state index is 12.5. The molecule has 0 bridgehead atoms. The molecule has 2 rings (SSSR count). The minimum absolute atomic E-state index is 0.000710. The maximum atomic E-state index is 12.5. The first-order valence-electron chi connectivity index (χ1n) is 6.25. The third kappa shape index (κ3) is 4.67. The van der Waals surface area contributed by atoms with Gasteiger partial charge in [0.25, 0.3) is 0 Å². The van der Waals surface area contributed by atoms with E-state index in [2.05, 4.69) is 26.0 Å². The molecule has 118 valence electrons. The number of halogens is 4. The van der Waals surface area contributed by atoms with E-state index >= 15 is 0 Å². The fraction of sp³-hybridized carbons (Fsp3) is 0.538. The molecule has 8 heteroatoms. The van der Waals surface area contributed by atoms with Gasteiger partial charge in [0.2, 0.25) is 0 Å². The molecule has 0 aromatic heterocycles. The minimum Gasteiger partial charge on any atom is -0.431 e. The summed E-state index contributed by atoms with van der Waals surface area (Å²) in [5.74, 6) is -0.644. The molecule has 1 fully saturated rings. The zero-order valence-electron chi connectivity index (χ0n) is 11.5. The molecule has 21 heavy (non-hydrogen) atoms. The second-order valence-corrected chi connectivity index (χ2v) is 6.30. The largest absolute Gasteiger partial charge is 0.431 e. The van der Waals surface area contributed by atoms with Gasteiger partial charge in [-0.3, -0.25) is 0 Å². The number of rotatable bonds is 4. The highest BCUT2D eigenvalue weighted by Gasteiger charge is 2.29. The van der Waals surface area contributed by atoms with Gasteiger partial charge in [-0.1, -0.05) is 11.6 Å². The van der Waals surface area contributed by atoms with Crippen molar-refractivity contribution in [1.82, 2.24) is 0 Å². The first kappa shape index (κ1) is 16.7. The summed E-state index contributed by atoms with van der Waals surface area (Å²) >= 11 is 9.11. The normalized spacial score (nSPS) is 18.8. The fourth-order valence-electron chi connectivity index (χ4n) is 1.87. The van der Waals surface area contributed by atoms with Crippen molar-refractivity contribution in [3.63, 3.8) is 0 Å². The Morgan fingerprint density at radius 1 is 1.38 bits per heavy atom. The van der Waals surface area contributed by atoms with Crippen LogP contribution in [0, 0.1) is 0 Å². The van der Waals surface area contributed by atoms with E-state index in [-0.39, 0.29) is 11.8 Å². The van der Waals surface area contributed by atoms with E-state index in [0.717, 1.165) is 0 Å². The van der Waals surface area contributed by atoms with E-state index in [9.17, 15) is 8.78 Å². The molecular formula is C13H15BrClF2NO3. The van der Waals surface area contributed by atoms with Gasteiger partial charge in [0.15, 0.2) is 11.5 Å². The van der Waals surface area contributed by atoms with Gasteiger partial charge in [-0.25, -0.2) is 0 Å². The highest BCUT2D eigenvalue weighted by molar-refractivity contribution is 9.10. The van der Waals surface area contributed by atoms with Gasteiger partial charge >= 0.3 is 6.61 Å². The van der Waals surface area contributed by atoms with Crippen LogP contribution in [-0.2, 0) is 9.47 Å². The number of hydrogen-bond acceptors (Lipinski definition) is 4. The topological polar surface area (TPSA) is 39.7 Å². The molecule has 1 aliphatic rings. The number of alkyl halides is 2. The highest BCUT2D eigenvalue weighted by Crippen LogP contribution is 2.38. The Morgan fingerprint density at radius 2 is 2.00 bits per heavy atom. The Morgan fingerprint density at radius 3 is 2.57 bits per heavy atom. The summed E-state index contributed by atoms with van der Waals surface area (Å²) < 4.78 is 40.9. The van der Waals surface area contributed by atoms with E-state index in [4.69, 9.17) is 21.1 Å². The Labute approximate surface area is 134 Å². The van der Waals surface area contributed by atoms with Gasteiger partial charge in [0.05, 0.1) is 29.4 Å². The van der Waals surface area contributed by atoms with Crippen LogP contribution in [0.4, 0.5) is 14.5 Å². The molecule has 0 amide bonds. The van der Waals surface area contributed by atoms with Crippen molar-refractivity contribution >= 4 is 33.2 Å². The Bertz CT molecular complexity index is 506. The molecule has 0 atom stereocenters. The molecular weight excluding hydrogens is 372 g/mol. The fourth-order valence-corrected chi connectivity index (χ4v) is 2.78. The van der Waals surface area contributed by atoms with E-state index in [0.29, 0.717) is 28.4 Å². The second kappa shape index (κ2) is 6.64. The summed E-state index contributed by atoms with van der Waals surface area (Å²) in [5, 5.41) is 3.44. The van der Waals surface area contributed by atoms with Crippen LogP contribution < -0.4 is 10.1 Å². The van der Waals surface area contributed by atoms with Crippen molar-refractivity contribution in [3.8, 4) is 5.75 Å². The highest BCUT2D eigenvalue weighted by atomic mass is 79.9. The third-order valence-electron chi connectivity index (χ3n) is 2.84. The van der Waals surface area contributed by atoms with Crippen LogP contribution in [-0.4, -0.2) is 31.7 Å². The Hall–Kier alpha value is -0.630. The van der Waals surface area contributed by atoms with Crippen LogP contribution in [0.15, 0.2) is 16.6 Å². The van der Waals surface area contributed by atoms with Crippen molar-refractivity contribution in [2.75, 3.05) is 18.5 Å². The zero-order chi connectivity index (χ0) is 15.6. The predicted octanol–water partition coefficient (Wildman–Crippen LogP) is 4.27. The second-order valence-electron chi connectivity index (χ2n) is 5.01. The average molecular weight is 387 g/mol. The predicted molar refractivity (Wildman–Crippen MR) is 79.2 cm³/mol. The first-order valence-corrected chi connectivity index (χ1v) is 7.42. The molecule has 0 radical (unpaired) electrons. The van der Waals surface area contributed by atoms with Gasteiger partial charge < -0.3 is 19.5 Å². The smallest absolute Gasteiger partial charge is 0.387 e. The van der Waals surface area contributed by atoms with E-state index in [1.54, 1.807) is 0 Å². The lowest BCUT2D eigenvalue weighted by Crippen LogP contribution is -2.45. The maximum Gasteiger partial charge on any atom is 0.387 e. The van der Waals surface area contributed by atoms with Crippen LogP contribution in [0.25, 0.3) is 0 Å². The van der Waals surface area contributed by atoms with Gasteiger partial charge in [-0.15, -0.1) is 0 Å². The molecule has 1 saturated heterocycles. The quantitative estimate of drug-likeness (QED) is 0.839. The lowest BCUT2D eigenvalue weighted by Gasteiger charge is -2.35. The Kier molecular flexibility index (Phi) is 5.29. The van der Waals surface area contributed by atoms with Gasteiger partial charge in [0, 0.05) is 5.02 Å². The molecule has 0 unspecified atom stereocenters. The molecule has 0 aliphatic carbocycles. The summed E-state index contributed by atoms with van der Waals surface area (Å²) in [4.78, 5) is 0. The van der Waals surface area contributed by atoms with Gasteiger partial charge in [-0.05, 0) is 41.9 Å². The standard InChI is InChI=1S/C13H15BrClF2NO3/c1-13(2)19-5-8(6-20-13)18-10-4-7(15)3-9(14)11(10)21-12(16)17/h3-4,8,12,18H,5-6H2,1-2H3. The molecule has 4 nitrogen and oxygen atoms in total. The summed E-state index contributed by atoms with van der Waals surface area (Å²) in [6.07, 6.45) is 0. The van der Waals surface area contributed by atoms with Crippen molar-refractivity contribution in [2.45, 2.75) is 32.3 Å². The summed E-state index contributed by atoms with van der Waals surface area (Å²) in [7, 11) is 0. The van der Waals surface area contributed by atoms with Crippen molar-refractivity contribution in [3.05, 3.63) is 21.6 Å². The van der Waals surface area contributed by atoms with E-state index in [1.807, 2.05) is 13.8 Å². The number of benzene rings is 1. The van der Waals surface area contributed by atoms with Crippen LogP contribution in [0.1, 0.15) is 13.8 Å². The molecule has 0 saturated carbocycles. The average Bonchev–Trinajstić information content (AvgIpc) is 2.36. The number of ether oxygens (including phenoxy) is 3. The molecule has 1 aromatic carbocycles. The lowest BCUT2D eigenvalue weighted by atomic mass is 10.2. The SMILES string of the molecule is CC1(C)OCC(Nc2cc(Cl)cc(Br)c2OC(F)F)CO1. The van der Waals surface area contributed by atoms with Gasteiger partial charge in [-0.2, -0.15) is 8.78 Å². The van der Waals surface area contributed by atoms with Crippen molar-refractivity contribution in [1.29, 1.82) is 0 Å². The number of hydrogen-bond donors (Lipinski definition) is 1. The monoisotopic (exact) mass is 385 g/mol. The lowest BCUT2D eigenvalue weighted by molar-refractivity contribution is -0.247. The van der Waals surface area contributed by atoms with Crippen LogP contribution in [0.3, 0.4) is 0 Å². The van der Waals surface area contributed by atoms with E-state index in [1.165, 1.54) is 12.1 Å². The molecule has 0 spiro atoms. The third-order valence-corrected chi connectivity index (χ3v) is 3.65. The molecule has 1 aliphatic heterocycles. The Balaban J connectivity index is 2.15. The van der Waals surface area contributed by atoms with E-state index < -0.39 is 12.4 Å². The van der Waals surface area contributed by atoms with Crippen LogP contribution in [0.5, 0.6) is 5.75 Å².